The first kappa shape index (κ1) is 36.6. The van der Waals surface area contributed by atoms with Gasteiger partial charge in [-0.2, -0.15) is 13.2 Å². The van der Waals surface area contributed by atoms with Gasteiger partial charge in [0.1, 0.15) is 35.8 Å². The molecule has 13 heteroatoms. The highest BCUT2D eigenvalue weighted by Crippen LogP contribution is 2.45. The van der Waals surface area contributed by atoms with Crippen molar-refractivity contribution >= 4 is 29.3 Å². The maximum Gasteiger partial charge on any atom is 0.471 e. The minimum absolute atomic E-state index is 0.00738. The van der Waals surface area contributed by atoms with Gasteiger partial charge in [-0.05, 0) is 66.9 Å². The summed E-state index contributed by atoms with van der Waals surface area (Å²) in [7, 11) is 0. The molecule has 1 aliphatic heterocycles. The van der Waals surface area contributed by atoms with E-state index < -0.39 is 65.2 Å². The fourth-order valence-corrected chi connectivity index (χ4v) is 4.78. The van der Waals surface area contributed by atoms with Crippen LogP contribution in [-0.4, -0.2) is 60.5 Å². The summed E-state index contributed by atoms with van der Waals surface area (Å²) in [5.74, 6) is -5.39. The number of anilines is 2. The lowest BCUT2D eigenvalue weighted by molar-refractivity contribution is -0.171. The number of carbonyl (C=O) groups excluding carboxylic acids is 3. The minimum atomic E-state index is -5.48. The van der Waals surface area contributed by atoms with E-state index in [4.69, 9.17) is 14.2 Å². The van der Waals surface area contributed by atoms with Gasteiger partial charge in [0.25, 0.3) is 0 Å². The van der Waals surface area contributed by atoms with Crippen molar-refractivity contribution in [2.45, 2.75) is 104 Å². The highest BCUT2D eigenvalue weighted by Gasteiger charge is 2.47. The molecule has 254 valence electrons. The fourth-order valence-electron chi connectivity index (χ4n) is 4.78. The molecule has 0 saturated carbocycles. The monoisotopic (exact) mass is 653 g/mol. The standard InChI is InChI=1S/C33H43F4N3O6/c1-9-20(2)38-17-22-15-23-24(40(22)30(43)46-32(6,7)8)16-25(44-19-21-13-11-10-12-14-21)28(27(23)34)39(29(42)33(35,36)37)18-26(41)45-31(3,4)5/h10-14,16,20,22,38H,9,15,17-19H2,1-8H3/t20-,22-/m1/s1. The third kappa shape index (κ3) is 9.57. The molecule has 3 rings (SSSR count). The van der Waals surface area contributed by atoms with E-state index in [0.29, 0.717) is 5.56 Å². The molecule has 0 bridgehead atoms. The number of amides is 2. The maximum atomic E-state index is 16.8. The van der Waals surface area contributed by atoms with Crippen molar-refractivity contribution in [1.29, 1.82) is 0 Å². The zero-order chi connectivity index (χ0) is 34.6. The van der Waals surface area contributed by atoms with Gasteiger partial charge in [0.2, 0.25) is 0 Å². The zero-order valence-electron chi connectivity index (χ0n) is 27.5. The van der Waals surface area contributed by atoms with Crippen molar-refractivity contribution in [3.8, 4) is 5.75 Å². The second kappa shape index (κ2) is 14.3. The van der Waals surface area contributed by atoms with Crippen LogP contribution in [0.4, 0.5) is 33.7 Å². The van der Waals surface area contributed by atoms with Crippen LogP contribution < -0.4 is 19.9 Å². The molecule has 0 radical (unpaired) electrons. The zero-order valence-corrected chi connectivity index (χ0v) is 27.5. The quantitative estimate of drug-likeness (QED) is 0.225. The van der Waals surface area contributed by atoms with Crippen LogP contribution in [-0.2, 0) is 32.1 Å². The molecule has 0 aliphatic carbocycles. The van der Waals surface area contributed by atoms with Gasteiger partial charge in [0, 0.05) is 24.2 Å². The summed E-state index contributed by atoms with van der Waals surface area (Å²) >= 11 is 0. The number of hydrogen-bond donors (Lipinski definition) is 1. The number of nitrogens with zero attached hydrogens (tertiary/aromatic N) is 2. The van der Waals surface area contributed by atoms with Crippen LogP contribution in [0, 0.1) is 5.82 Å². The number of rotatable bonds is 10. The van der Waals surface area contributed by atoms with Crippen LogP contribution in [0.5, 0.6) is 5.75 Å². The Morgan fingerprint density at radius 1 is 1.02 bits per heavy atom. The number of alkyl halides is 3. The summed E-state index contributed by atoms with van der Waals surface area (Å²) < 4.78 is 75.4. The molecule has 0 saturated heterocycles. The molecule has 1 heterocycles. The van der Waals surface area contributed by atoms with E-state index in [1.807, 2.05) is 13.8 Å². The average Bonchev–Trinajstić information content (AvgIpc) is 3.30. The predicted octanol–water partition coefficient (Wildman–Crippen LogP) is 6.70. The Morgan fingerprint density at radius 3 is 2.17 bits per heavy atom. The van der Waals surface area contributed by atoms with Gasteiger partial charge in [-0.15, -0.1) is 0 Å². The first-order valence-corrected chi connectivity index (χ1v) is 15.1. The van der Waals surface area contributed by atoms with Gasteiger partial charge in [0.15, 0.2) is 5.82 Å². The second-order valence-corrected chi connectivity index (χ2v) is 13.2. The molecule has 2 amide bonds. The van der Waals surface area contributed by atoms with Crippen molar-refractivity contribution in [3.05, 3.63) is 53.3 Å². The summed E-state index contributed by atoms with van der Waals surface area (Å²) in [6.07, 6.45) is -5.62. The Kier molecular flexibility index (Phi) is 11.4. The number of halogens is 4. The molecule has 1 aliphatic rings. The summed E-state index contributed by atoms with van der Waals surface area (Å²) in [6, 6.07) is 9.12. The smallest absolute Gasteiger partial charge is 0.471 e. The van der Waals surface area contributed by atoms with E-state index in [2.05, 4.69) is 5.32 Å². The average molecular weight is 654 g/mol. The van der Waals surface area contributed by atoms with Crippen LogP contribution in [0.2, 0.25) is 0 Å². The topological polar surface area (TPSA) is 97.4 Å². The Hall–Kier alpha value is -3.87. The van der Waals surface area contributed by atoms with Gasteiger partial charge < -0.3 is 19.5 Å². The minimum Gasteiger partial charge on any atom is -0.487 e. The number of benzene rings is 2. The van der Waals surface area contributed by atoms with E-state index in [-0.39, 0.29) is 41.8 Å². The molecule has 1 N–H and O–H groups in total. The van der Waals surface area contributed by atoms with E-state index in [1.165, 1.54) is 31.7 Å². The van der Waals surface area contributed by atoms with Crippen LogP contribution in [0.25, 0.3) is 0 Å². The molecule has 2 atom stereocenters. The highest BCUT2D eigenvalue weighted by atomic mass is 19.4. The molecule has 2 aromatic rings. The maximum absolute atomic E-state index is 16.8. The molecule has 0 fully saturated rings. The summed E-state index contributed by atoms with van der Waals surface area (Å²) in [4.78, 5) is 40.4. The Labute approximate surface area is 267 Å². The fraction of sp³-hybridized carbons (Fsp3) is 0.545. The first-order valence-electron chi connectivity index (χ1n) is 15.1. The van der Waals surface area contributed by atoms with Crippen molar-refractivity contribution < 1.29 is 46.2 Å². The predicted molar refractivity (Wildman–Crippen MR) is 165 cm³/mol. The van der Waals surface area contributed by atoms with E-state index in [9.17, 15) is 27.6 Å². The molecule has 9 nitrogen and oxygen atoms in total. The van der Waals surface area contributed by atoms with Gasteiger partial charge in [0.05, 0.1) is 11.7 Å². The van der Waals surface area contributed by atoms with Gasteiger partial charge >= 0.3 is 24.1 Å². The Bertz CT molecular complexity index is 1400. The molecule has 0 unspecified atom stereocenters. The second-order valence-electron chi connectivity index (χ2n) is 13.2. The Morgan fingerprint density at radius 2 is 1.63 bits per heavy atom. The highest BCUT2D eigenvalue weighted by molar-refractivity contribution is 6.03. The molecule has 2 aromatic carbocycles. The van der Waals surface area contributed by atoms with Crippen LogP contribution >= 0.6 is 0 Å². The molecule has 0 spiro atoms. The van der Waals surface area contributed by atoms with Crippen molar-refractivity contribution in [2.24, 2.45) is 0 Å². The largest absolute Gasteiger partial charge is 0.487 e. The molecular formula is C33H43F4N3O6. The number of ether oxygens (including phenoxy) is 3. The SMILES string of the molecule is CC[C@@H](C)NC[C@H]1Cc2c(cc(OCc3ccccc3)c(N(CC(=O)OC(C)(C)C)C(=O)C(F)(F)F)c2F)N1C(=O)OC(C)(C)C. The van der Waals surface area contributed by atoms with E-state index in [0.717, 1.165) is 6.42 Å². The Balaban J connectivity index is 2.24. The molecule has 46 heavy (non-hydrogen) atoms. The lowest BCUT2D eigenvalue weighted by atomic mass is 10.1. The third-order valence-corrected chi connectivity index (χ3v) is 6.95. The van der Waals surface area contributed by atoms with Crippen LogP contribution in [0.15, 0.2) is 36.4 Å². The van der Waals surface area contributed by atoms with Crippen molar-refractivity contribution in [3.63, 3.8) is 0 Å². The van der Waals surface area contributed by atoms with Gasteiger partial charge in [-0.3, -0.25) is 19.4 Å². The van der Waals surface area contributed by atoms with E-state index >= 15 is 4.39 Å². The normalized spacial score (nSPS) is 15.7. The van der Waals surface area contributed by atoms with Gasteiger partial charge in [-0.1, -0.05) is 37.3 Å². The number of hydrogen-bond acceptors (Lipinski definition) is 7. The number of nitrogens with one attached hydrogen (secondary N) is 1. The number of fused-ring (bicyclic) bond motifs is 1. The summed E-state index contributed by atoms with van der Waals surface area (Å²) in [6.45, 7) is 12.2. The van der Waals surface area contributed by atoms with Gasteiger partial charge in [-0.25, -0.2) is 9.18 Å². The number of esters is 1. The van der Waals surface area contributed by atoms with Crippen molar-refractivity contribution in [2.75, 3.05) is 22.9 Å². The van der Waals surface area contributed by atoms with Crippen LogP contribution in [0.3, 0.4) is 0 Å². The summed E-state index contributed by atoms with van der Waals surface area (Å²) in [5, 5.41) is 3.28. The van der Waals surface area contributed by atoms with E-state index in [1.54, 1.807) is 51.1 Å². The third-order valence-electron chi connectivity index (χ3n) is 6.95. The lowest BCUT2D eigenvalue weighted by Gasteiger charge is -2.31. The first-order chi connectivity index (χ1) is 21.2. The van der Waals surface area contributed by atoms with Crippen molar-refractivity contribution in [1.82, 2.24) is 5.32 Å². The number of carbonyl (C=O) groups is 3. The van der Waals surface area contributed by atoms with Crippen LogP contribution in [0.1, 0.15) is 72.9 Å². The molecule has 0 aromatic heterocycles. The molecular weight excluding hydrogens is 610 g/mol. The summed E-state index contributed by atoms with van der Waals surface area (Å²) in [5.41, 5.74) is -2.42. The lowest BCUT2D eigenvalue weighted by Crippen LogP contribution is -2.47.